The number of carbonyl (C=O) groups is 1. The van der Waals surface area contributed by atoms with Gasteiger partial charge in [-0.3, -0.25) is 4.79 Å². The fourth-order valence-electron chi connectivity index (χ4n) is 2.02. The third-order valence-corrected chi connectivity index (χ3v) is 3.20. The zero-order valence-electron chi connectivity index (χ0n) is 11.0. The predicted molar refractivity (Wildman–Crippen MR) is 78.1 cm³/mol. The molecule has 0 aliphatic carbocycles. The van der Waals surface area contributed by atoms with Crippen molar-refractivity contribution >= 4 is 5.78 Å². The highest BCUT2D eigenvalue weighted by molar-refractivity contribution is 5.96. The SMILES string of the molecule is C=C[C@@H](CC(=O)c1ccc(O)cc1)c1ccc(O)cc1. The normalized spacial score (nSPS) is 11.8. The average Bonchev–Trinajstić information content (AvgIpc) is 2.46. The minimum Gasteiger partial charge on any atom is -0.508 e. The second-order valence-corrected chi connectivity index (χ2v) is 4.61. The lowest BCUT2D eigenvalue weighted by Gasteiger charge is -2.12. The van der Waals surface area contributed by atoms with Gasteiger partial charge in [0.25, 0.3) is 0 Å². The average molecular weight is 268 g/mol. The van der Waals surface area contributed by atoms with Crippen LogP contribution in [0.1, 0.15) is 28.3 Å². The molecule has 0 aliphatic heterocycles. The molecule has 1 atom stereocenters. The van der Waals surface area contributed by atoms with E-state index in [0.29, 0.717) is 12.0 Å². The van der Waals surface area contributed by atoms with Gasteiger partial charge in [0.2, 0.25) is 0 Å². The van der Waals surface area contributed by atoms with Crippen LogP contribution in [0.2, 0.25) is 0 Å². The van der Waals surface area contributed by atoms with Crippen molar-refractivity contribution in [1.29, 1.82) is 0 Å². The monoisotopic (exact) mass is 268 g/mol. The van der Waals surface area contributed by atoms with Crippen molar-refractivity contribution in [3.8, 4) is 11.5 Å². The van der Waals surface area contributed by atoms with Crippen LogP contribution in [0.4, 0.5) is 0 Å². The van der Waals surface area contributed by atoms with Crippen LogP contribution in [0.3, 0.4) is 0 Å². The van der Waals surface area contributed by atoms with Crippen molar-refractivity contribution in [3.63, 3.8) is 0 Å². The minimum atomic E-state index is -0.100. The Hall–Kier alpha value is -2.55. The van der Waals surface area contributed by atoms with Gasteiger partial charge < -0.3 is 10.2 Å². The van der Waals surface area contributed by atoms with Crippen LogP contribution >= 0.6 is 0 Å². The molecule has 0 unspecified atom stereocenters. The number of allylic oxidation sites excluding steroid dienone is 1. The zero-order chi connectivity index (χ0) is 14.5. The molecular formula is C17H16O3. The molecule has 2 aromatic carbocycles. The summed E-state index contributed by atoms with van der Waals surface area (Å²) >= 11 is 0. The van der Waals surface area contributed by atoms with Gasteiger partial charge >= 0.3 is 0 Å². The predicted octanol–water partition coefficient (Wildman–Crippen LogP) is 3.64. The molecule has 0 spiro atoms. The number of rotatable bonds is 5. The maximum absolute atomic E-state index is 12.2. The summed E-state index contributed by atoms with van der Waals surface area (Å²) < 4.78 is 0. The lowest BCUT2D eigenvalue weighted by Crippen LogP contribution is -2.05. The van der Waals surface area contributed by atoms with Crippen LogP contribution in [0, 0.1) is 0 Å². The number of Topliss-reactive ketones (excluding diaryl/α,β-unsaturated/α-hetero) is 1. The van der Waals surface area contributed by atoms with Crippen molar-refractivity contribution in [2.75, 3.05) is 0 Å². The quantitative estimate of drug-likeness (QED) is 0.643. The Bertz CT molecular complexity index is 597. The number of hydrogen-bond acceptors (Lipinski definition) is 3. The molecule has 2 aromatic rings. The molecule has 0 radical (unpaired) electrons. The Morgan fingerprint density at radius 1 is 1.00 bits per heavy atom. The van der Waals surface area contributed by atoms with E-state index in [1.54, 1.807) is 42.5 Å². The highest BCUT2D eigenvalue weighted by atomic mass is 16.3. The van der Waals surface area contributed by atoms with Crippen LogP contribution in [0.15, 0.2) is 61.2 Å². The molecule has 0 amide bonds. The molecule has 2 N–H and O–H groups in total. The summed E-state index contributed by atoms with van der Waals surface area (Å²) in [5.41, 5.74) is 1.50. The van der Waals surface area contributed by atoms with Gasteiger partial charge in [0.15, 0.2) is 5.78 Å². The van der Waals surface area contributed by atoms with Gasteiger partial charge in [0.05, 0.1) is 0 Å². The van der Waals surface area contributed by atoms with Gasteiger partial charge in [-0.05, 0) is 42.0 Å². The van der Waals surface area contributed by atoms with Crippen LogP contribution in [-0.4, -0.2) is 16.0 Å². The van der Waals surface area contributed by atoms with E-state index < -0.39 is 0 Å². The summed E-state index contributed by atoms with van der Waals surface area (Å²) in [6.07, 6.45) is 2.03. The molecule has 0 aromatic heterocycles. The number of phenolic OH excluding ortho intramolecular Hbond substituents is 2. The number of benzene rings is 2. The molecule has 0 fully saturated rings. The molecule has 3 heteroatoms. The molecule has 0 aliphatic rings. The smallest absolute Gasteiger partial charge is 0.163 e. The first kappa shape index (κ1) is 13.9. The lowest BCUT2D eigenvalue weighted by molar-refractivity contribution is 0.0978. The molecule has 3 nitrogen and oxygen atoms in total. The standard InChI is InChI=1S/C17H16O3/c1-2-12(13-3-7-15(18)8-4-13)11-17(20)14-5-9-16(19)10-6-14/h2-10,12,18-19H,1,11H2/t12-/m0/s1. The van der Waals surface area contributed by atoms with Gasteiger partial charge in [-0.2, -0.15) is 0 Å². The van der Waals surface area contributed by atoms with E-state index >= 15 is 0 Å². The third-order valence-electron chi connectivity index (χ3n) is 3.20. The van der Waals surface area contributed by atoms with Crippen molar-refractivity contribution in [3.05, 3.63) is 72.3 Å². The third kappa shape index (κ3) is 3.26. The maximum atomic E-state index is 12.2. The highest BCUT2D eigenvalue weighted by Crippen LogP contribution is 2.25. The van der Waals surface area contributed by atoms with E-state index in [1.165, 1.54) is 12.1 Å². The summed E-state index contributed by atoms with van der Waals surface area (Å²) in [7, 11) is 0. The first-order valence-corrected chi connectivity index (χ1v) is 6.34. The summed E-state index contributed by atoms with van der Waals surface area (Å²) in [6, 6.07) is 13.0. The van der Waals surface area contributed by atoms with Gasteiger partial charge in [-0.15, -0.1) is 6.58 Å². The minimum absolute atomic E-state index is 0.0111. The van der Waals surface area contributed by atoms with Gasteiger partial charge in [-0.25, -0.2) is 0 Å². The second kappa shape index (κ2) is 6.06. The van der Waals surface area contributed by atoms with Crippen LogP contribution in [0.25, 0.3) is 0 Å². The Morgan fingerprint density at radius 3 is 2.00 bits per heavy atom. The lowest BCUT2D eigenvalue weighted by atomic mass is 9.91. The molecule has 2 rings (SSSR count). The molecule has 0 saturated heterocycles. The summed E-state index contributed by atoms with van der Waals surface area (Å²) in [6.45, 7) is 3.77. The Morgan fingerprint density at radius 2 is 1.50 bits per heavy atom. The zero-order valence-corrected chi connectivity index (χ0v) is 11.0. The van der Waals surface area contributed by atoms with Crippen molar-refractivity contribution < 1.29 is 15.0 Å². The summed E-state index contributed by atoms with van der Waals surface area (Å²) in [5.74, 6) is 0.224. The number of carbonyl (C=O) groups excluding carboxylic acids is 1. The molecule has 0 bridgehead atoms. The van der Waals surface area contributed by atoms with Crippen molar-refractivity contribution in [1.82, 2.24) is 0 Å². The number of aromatic hydroxyl groups is 2. The molecule has 102 valence electrons. The molecule has 0 heterocycles. The largest absolute Gasteiger partial charge is 0.508 e. The molecular weight excluding hydrogens is 252 g/mol. The van der Waals surface area contributed by atoms with E-state index in [2.05, 4.69) is 6.58 Å². The van der Waals surface area contributed by atoms with Crippen LogP contribution in [0.5, 0.6) is 11.5 Å². The fraction of sp³-hybridized carbons (Fsp3) is 0.118. The van der Waals surface area contributed by atoms with E-state index in [9.17, 15) is 15.0 Å². The first-order chi connectivity index (χ1) is 9.60. The van der Waals surface area contributed by atoms with E-state index in [0.717, 1.165) is 5.56 Å². The van der Waals surface area contributed by atoms with E-state index in [1.807, 2.05) is 0 Å². The maximum Gasteiger partial charge on any atom is 0.163 e. The van der Waals surface area contributed by atoms with Crippen molar-refractivity contribution in [2.24, 2.45) is 0 Å². The molecule has 0 saturated carbocycles. The van der Waals surface area contributed by atoms with Crippen molar-refractivity contribution in [2.45, 2.75) is 12.3 Å². The Balaban J connectivity index is 2.13. The van der Waals surface area contributed by atoms with E-state index in [-0.39, 0.29) is 23.2 Å². The van der Waals surface area contributed by atoms with E-state index in [4.69, 9.17) is 0 Å². The van der Waals surface area contributed by atoms with Gasteiger partial charge in [-0.1, -0.05) is 18.2 Å². The number of phenols is 2. The number of ketones is 1. The summed E-state index contributed by atoms with van der Waals surface area (Å²) in [4.78, 5) is 12.2. The van der Waals surface area contributed by atoms with Gasteiger partial charge in [0, 0.05) is 17.9 Å². The Kier molecular flexibility index (Phi) is 4.20. The molecule has 20 heavy (non-hydrogen) atoms. The first-order valence-electron chi connectivity index (χ1n) is 6.34. The van der Waals surface area contributed by atoms with Crippen LogP contribution in [-0.2, 0) is 0 Å². The summed E-state index contributed by atoms with van der Waals surface area (Å²) in [5, 5.41) is 18.5. The Labute approximate surface area is 117 Å². The number of hydrogen-bond donors (Lipinski definition) is 2. The fourth-order valence-corrected chi connectivity index (χ4v) is 2.02. The van der Waals surface area contributed by atoms with Gasteiger partial charge in [0.1, 0.15) is 11.5 Å². The van der Waals surface area contributed by atoms with Crippen LogP contribution < -0.4 is 0 Å². The highest BCUT2D eigenvalue weighted by Gasteiger charge is 2.14. The topological polar surface area (TPSA) is 57.5 Å². The second-order valence-electron chi connectivity index (χ2n) is 4.61.